The van der Waals surface area contributed by atoms with E-state index in [0.717, 1.165) is 0 Å². The van der Waals surface area contributed by atoms with Crippen LogP contribution in [0.15, 0.2) is 53.3 Å². The molecule has 3 aromatic rings. The highest BCUT2D eigenvalue weighted by Gasteiger charge is 2.48. The Bertz CT molecular complexity index is 1380. The summed E-state index contributed by atoms with van der Waals surface area (Å²) in [5, 5.41) is 2.11. The first kappa shape index (κ1) is 22.7. The number of benzene rings is 2. The van der Waals surface area contributed by atoms with Gasteiger partial charge in [-0.05, 0) is 77.9 Å². The van der Waals surface area contributed by atoms with Crippen LogP contribution in [-0.2, 0) is 17.1 Å². The van der Waals surface area contributed by atoms with Crippen LogP contribution >= 0.6 is 22.6 Å². The van der Waals surface area contributed by atoms with Gasteiger partial charge in [-0.1, -0.05) is 12.1 Å². The van der Waals surface area contributed by atoms with Crippen molar-refractivity contribution in [2.24, 2.45) is 7.05 Å². The molecule has 2 N–H and O–H groups in total. The summed E-state index contributed by atoms with van der Waals surface area (Å²) in [6.45, 7) is 1.57. The Balaban J connectivity index is 1.67. The topological polar surface area (TPSA) is 80.2 Å². The molecule has 4 rings (SSSR count). The van der Waals surface area contributed by atoms with Gasteiger partial charge in [0.2, 0.25) is 10.0 Å². The van der Waals surface area contributed by atoms with E-state index < -0.39 is 26.9 Å². The second kappa shape index (κ2) is 8.47. The molecule has 1 fully saturated rings. The average molecular weight is 571 g/mol. The summed E-state index contributed by atoms with van der Waals surface area (Å²) >= 11 is 1.98. The maximum atomic E-state index is 14.4. The van der Waals surface area contributed by atoms with Crippen molar-refractivity contribution in [1.29, 1.82) is 0 Å². The lowest BCUT2D eigenvalue weighted by Crippen LogP contribution is -2.26. The minimum absolute atomic E-state index is 0.105. The number of anilines is 3. The molecule has 6 nitrogen and oxygen atoms in total. The first-order valence-corrected chi connectivity index (χ1v) is 12.4. The fraction of sp³-hybridized carbons (Fsp3) is 0.227. The highest BCUT2D eigenvalue weighted by atomic mass is 127. The van der Waals surface area contributed by atoms with E-state index in [1.54, 1.807) is 25.1 Å². The fourth-order valence-corrected chi connectivity index (χ4v) is 5.79. The number of sulfonamides is 1. The number of nitrogens with one attached hydrogen (secondary N) is 2. The SMILES string of the molecule is Cc1cc(NS(=O)(=O)C2CC2c2cccc(F)c2)c(Nc2ccc(I)cc2F)n(C)c1=O. The van der Waals surface area contributed by atoms with Crippen LogP contribution in [0, 0.1) is 22.1 Å². The van der Waals surface area contributed by atoms with E-state index >= 15 is 0 Å². The number of aromatic nitrogens is 1. The Hall–Kier alpha value is -2.47. The molecule has 2 unspecified atom stereocenters. The highest BCUT2D eigenvalue weighted by Crippen LogP contribution is 2.46. The molecule has 0 spiro atoms. The van der Waals surface area contributed by atoms with Gasteiger partial charge in [0.25, 0.3) is 5.56 Å². The predicted molar refractivity (Wildman–Crippen MR) is 129 cm³/mol. The number of hydrogen-bond acceptors (Lipinski definition) is 4. The summed E-state index contributed by atoms with van der Waals surface area (Å²) in [6.07, 6.45) is 0.359. The molecule has 32 heavy (non-hydrogen) atoms. The molecule has 2 atom stereocenters. The second-order valence-corrected chi connectivity index (χ2v) is 10.9. The van der Waals surface area contributed by atoms with E-state index in [4.69, 9.17) is 0 Å². The maximum Gasteiger partial charge on any atom is 0.254 e. The Morgan fingerprint density at radius 2 is 1.84 bits per heavy atom. The highest BCUT2D eigenvalue weighted by molar-refractivity contribution is 14.1. The van der Waals surface area contributed by atoms with E-state index in [0.29, 0.717) is 21.1 Å². The molecule has 0 aliphatic heterocycles. The molecule has 168 valence electrons. The summed E-state index contributed by atoms with van der Waals surface area (Å²) in [5.74, 6) is -1.15. The zero-order valence-corrected chi connectivity index (χ0v) is 20.2. The number of hydrogen-bond donors (Lipinski definition) is 2. The van der Waals surface area contributed by atoms with Gasteiger partial charge in [0.15, 0.2) is 0 Å². The van der Waals surface area contributed by atoms with Crippen LogP contribution in [0.1, 0.15) is 23.5 Å². The minimum Gasteiger partial charge on any atom is -0.337 e. The summed E-state index contributed by atoms with van der Waals surface area (Å²) in [7, 11) is -2.37. The predicted octanol–water partition coefficient (Wildman–Crippen LogP) is 4.62. The number of nitrogens with zero attached hydrogens (tertiary/aromatic N) is 1. The third kappa shape index (κ3) is 4.51. The monoisotopic (exact) mass is 571 g/mol. The van der Waals surface area contributed by atoms with Crippen molar-refractivity contribution < 1.29 is 17.2 Å². The quantitative estimate of drug-likeness (QED) is 0.424. The Morgan fingerprint density at radius 1 is 1.09 bits per heavy atom. The zero-order valence-electron chi connectivity index (χ0n) is 17.2. The molecule has 1 saturated carbocycles. The molecule has 0 amide bonds. The smallest absolute Gasteiger partial charge is 0.254 e. The van der Waals surface area contributed by atoms with Gasteiger partial charge in [-0.3, -0.25) is 14.1 Å². The van der Waals surface area contributed by atoms with Gasteiger partial charge in [0, 0.05) is 22.1 Å². The van der Waals surface area contributed by atoms with Crippen molar-refractivity contribution in [3.63, 3.8) is 0 Å². The first-order valence-electron chi connectivity index (χ1n) is 9.76. The zero-order chi connectivity index (χ0) is 23.2. The molecule has 0 bridgehead atoms. The van der Waals surface area contributed by atoms with Gasteiger partial charge in [0.1, 0.15) is 17.5 Å². The second-order valence-electron chi connectivity index (χ2n) is 7.79. The summed E-state index contributed by atoms with van der Waals surface area (Å²) in [5.41, 5.74) is 0.847. The summed E-state index contributed by atoms with van der Waals surface area (Å²) < 4.78 is 58.5. The fourth-order valence-electron chi connectivity index (χ4n) is 3.67. The van der Waals surface area contributed by atoms with Crippen molar-refractivity contribution in [2.75, 3.05) is 10.0 Å². The maximum absolute atomic E-state index is 14.4. The number of rotatable bonds is 6. The number of halogens is 3. The summed E-state index contributed by atoms with van der Waals surface area (Å²) in [6, 6.07) is 11.8. The van der Waals surface area contributed by atoms with Crippen molar-refractivity contribution in [3.05, 3.63) is 85.2 Å². The van der Waals surface area contributed by atoms with Gasteiger partial charge < -0.3 is 5.32 Å². The van der Waals surface area contributed by atoms with Gasteiger partial charge in [-0.2, -0.15) is 0 Å². The van der Waals surface area contributed by atoms with Crippen molar-refractivity contribution >= 4 is 49.8 Å². The molecule has 2 aromatic carbocycles. The van der Waals surface area contributed by atoms with Crippen LogP contribution in [0.25, 0.3) is 0 Å². The van der Waals surface area contributed by atoms with Crippen LogP contribution in [-0.4, -0.2) is 18.2 Å². The van der Waals surface area contributed by atoms with E-state index in [9.17, 15) is 22.0 Å². The van der Waals surface area contributed by atoms with Gasteiger partial charge in [-0.15, -0.1) is 0 Å². The molecular weight excluding hydrogens is 551 g/mol. The molecule has 1 aromatic heterocycles. The van der Waals surface area contributed by atoms with E-state index in [1.807, 2.05) is 22.6 Å². The Kier molecular flexibility index (Phi) is 6.01. The van der Waals surface area contributed by atoms with Crippen LogP contribution in [0.4, 0.5) is 26.0 Å². The lowest BCUT2D eigenvalue weighted by molar-refractivity contribution is 0.598. The van der Waals surface area contributed by atoms with Gasteiger partial charge in [0.05, 0.1) is 16.6 Å². The van der Waals surface area contributed by atoms with Gasteiger partial charge in [-0.25, -0.2) is 17.2 Å². The standard InChI is InChI=1S/C22H20F2IN3O3S/c1-12-8-19(21(28(2)22(12)29)26-18-7-6-15(25)10-17(18)24)27-32(30,31)20-11-16(20)13-4-3-5-14(23)9-13/h3-10,16,20,26-27H,11H2,1-2H3. The van der Waals surface area contributed by atoms with Gasteiger partial charge >= 0.3 is 0 Å². The molecule has 10 heteroatoms. The van der Waals surface area contributed by atoms with Crippen LogP contribution in [0.2, 0.25) is 0 Å². The van der Waals surface area contributed by atoms with E-state index in [2.05, 4.69) is 10.0 Å². The van der Waals surface area contributed by atoms with Crippen LogP contribution < -0.4 is 15.6 Å². The Labute approximate surface area is 197 Å². The summed E-state index contributed by atoms with van der Waals surface area (Å²) in [4.78, 5) is 12.5. The van der Waals surface area contributed by atoms with E-state index in [1.165, 1.54) is 41.9 Å². The van der Waals surface area contributed by atoms with Crippen LogP contribution in [0.5, 0.6) is 0 Å². The molecule has 1 heterocycles. The minimum atomic E-state index is -3.85. The van der Waals surface area contributed by atoms with Crippen molar-refractivity contribution in [3.8, 4) is 0 Å². The molecule has 1 aliphatic carbocycles. The van der Waals surface area contributed by atoms with Crippen LogP contribution in [0.3, 0.4) is 0 Å². The normalized spacial score (nSPS) is 17.8. The van der Waals surface area contributed by atoms with E-state index in [-0.39, 0.29) is 28.7 Å². The van der Waals surface area contributed by atoms with Crippen molar-refractivity contribution in [1.82, 2.24) is 4.57 Å². The molecule has 0 saturated heterocycles. The largest absolute Gasteiger partial charge is 0.337 e. The lowest BCUT2D eigenvalue weighted by Gasteiger charge is -2.19. The number of pyridine rings is 1. The average Bonchev–Trinajstić information content (AvgIpc) is 3.52. The molecule has 1 aliphatic rings. The third-order valence-corrected chi connectivity index (χ3v) is 7.93. The van der Waals surface area contributed by atoms with Crippen molar-refractivity contribution in [2.45, 2.75) is 24.5 Å². The Morgan fingerprint density at radius 3 is 2.53 bits per heavy atom. The number of aryl methyl sites for hydroxylation is 1. The third-order valence-electron chi connectivity index (χ3n) is 5.44. The molecular formula is C22H20F2IN3O3S. The first-order chi connectivity index (χ1) is 15.1. The molecule has 0 radical (unpaired) electrons. The lowest BCUT2D eigenvalue weighted by atomic mass is 10.1.